The zero-order chi connectivity index (χ0) is 23.1. The molecule has 0 atom stereocenters. The third-order valence-electron chi connectivity index (χ3n) is 6.25. The topological polar surface area (TPSA) is 0 Å². The van der Waals surface area contributed by atoms with Gasteiger partial charge in [0.15, 0.2) is 0 Å². The predicted molar refractivity (Wildman–Crippen MR) is 146 cm³/mol. The van der Waals surface area contributed by atoms with Crippen LogP contribution in [0, 0.1) is 26.7 Å². The van der Waals surface area contributed by atoms with Crippen molar-refractivity contribution in [3.63, 3.8) is 0 Å². The molecule has 0 unspecified atom stereocenters. The van der Waals surface area contributed by atoms with Gasteiger partial charge in [0.1, 0.15) is 0 Å². The Morgan fingerprint density at radius 1 is 0.758 bits per heavy atom. The minimum absolute atomic E-state index is 0. The maximum absolute atomic E-state index is 4.00. The van der Waals surface area contributed by atoms with Gasteiger partial charge in [-0.2, -0.15) is 0 Å². The highest BCUT2D eigenvalue weighted by molar-refractivity contribution is 5.86. The molecule has 33 heavy (non-hydrogen) atoms. The van der Waals surface area contributed by atoms with Crippen LogP contribution in [0.15, 0.2) is 102 Å². The predicted octanol–water partition coefficient (Wildman–Crippen LogP) is 8.88. The van der Waals surface area contributed by atoms with E-state index in [1.54, 1.807) is 0 Å². The van der Waals surface area contributed by atoms with Gasteiger partial charge < -0.3 is 0 Å². The van der Waals surface area contributed by atoms with Crippen molar-refractivity contribution >= 4 is 5.57 Å². The molecule has 0 spiro atoms. The number of allylic oxidation sites excluding steroid dienone is 5. The highest BCUT2D eigenvalue weighted by atomic mass is 14.2. The quantitative estimate of drug-likeness (QED) is 0.361. The number of rotatable bonds is 4. The number of terminal acetylenes is 1. The molecular weight excluding hydrogens is 396 g/mol. The summed E-state index contributed by atoms with van der Waals surface area (Å²) in [5.74, 6) is 0. The second kappa shape index (κ2) is 11.9. The van der Waals surface area contributed by atoms with E-state index in [0.717, 1.165) is 12.8 Å². The van der Waals surface area contributed by atoms with Crippen LogP contribution in [0.3, 0.4) is 0 Å². The van der Waals surface area contributed by atoms with Gasteiger partial charge >= 0.3 is 0 Å². The van der Waals surface area contributed by atoms with Crippen LogP contribution in [0.5, 0.6) is 0 Å². The van der Waals surface area contributed by atoms with Crippen molar-refractivity contribution in [2.45, 2.75) is 48.0 Å². The minimum atomic E-state index is 0. The molecule has 4 rings (SSSR count). The van der Waals surface area contributed by atoms with Gasteiger partial charge in [-0.15, -0.1) is 12.8 Å². The lowest BCUT2D eigenvalue weighted by molar-refractivity contribution is 1.13. The fraction of sp³-hybridized carbons (Fsp3) is 0.212. The van der Waals surface area contributed by atoms with Crippen LogP contribution in [0.1, 0.15) is 61.1 Å². The first-order valence-corrected chi connectivity index (χ1v) is 11.1. The van der Waals surface area contributed by atoms with Gasteiger partial charge in [-0.05, 0) is 90.6 Å². The molecule has 168 valence electrons. The molecule has 1 aliphatic carbocycles. The molecule has 0 aromatic heterocycles. The maximum Gasteiger partial charge on any atom is -0.00195 e. The summed E-state index contributed by atoms with van der Waals surface area (Å²) in [7, 11) is 0. The fourth-order valence-corrected chi connectivity index (χ4v) is 4.22. The molecule has 0 fully saturated rings. The minimum Gasteiger partial charge on any atom is -0.124 e. The average molecular weight is 433 g/mol. The standard InChI is InChI=1S/C30H30.C2H2.CH4/c1-21-15-16-27(17-22(21)2)30(26-13-9-6-10-14-26)29-19-24(4)23(3)18-28(29)20-25-11-7-5-8-12-25;1-2;/h5-15,17-19H,16,20H2,1-4H3;1-2H;1H4/b30-27+;;. The van der Waals surface area contributed by atoms with Crippen molar-refractivity contribution in [2.24, 2.45) is 0 Å². The second-order valence-corrected chi connectivity index (χ2v) is 8.44. The van der Waals surface area contributed by atoms with Gasteiger partial charge in [-0.3, -0.25) is 0 Å². The highest BCUT2D eigenvalue weighted by Crippen LogP contribution is 2.36. The maximum atomic E-state index is 4.00. The van der Waals surface area contributed by atoms with Crippen molar-refractivity contribution in [2.75, 3.05) is 0 Å². The third kappa shape index (κ3) is 6.03. The van der Waals surface area contributed by atoms with Crippen LogP contribution >= 0.6 is 0 Å². The lowest BCUT2D eigenvalue weighted by atomic mass is 9.83. The number of benzene rings is 3. The Kier molecular flexibility index (Phi) is 9.26. The third-order valence-corrected chi connectivity index (χ3v) is 6.25. The molecule has 1 aliphatic rings. The van der Waals surface area contributed by atoms with E-state index in [-0.39, 0.29) is 7.43 Å². The second-order valence-electron chi connectivity index (χ2n) is 8.44. The van der Waals surface area contributed by atoms with E-state index in [2.05, 4.69) is 125 Å². The van der Waals surface area contributed by atoms with Crippen LogP contribution in [0.25, 0.3) is 5.57 Å². The molecular formula is C33H36. The monoisotopic (exact) mass is 432 g/mol. The molecule has 3 aromatic carbocycles. The van der Waals surface area contributed by atoms with Crippen molar-refractivity contribution in [1.82, 2.24) is 0 Å². The molecule has 0 bridgehead atoms. The van der Waals surface area contributed by atoms with Gasteiger partial charge in [-0.25, -0.2) is 0 Å². The lowest BCUT2D eigenvalue weighted by Crippen LogP contribution is -2.03. The van der Waals surface area contributed by atoms with Gasteiger partial charge in [-0.1, -0.05) is 97.9 Å². The molecule has 0 aliphatic heterocycles. The molecule has 0 N–H and O–H groups in total. The summed E-state index contributed by atoms with van der Waals surface area (Å²) in [5.41, 5.74) is 13.6. The zero-order valence-corrected chi connectivity index (χ0v) is 19.7. The van der Waals surface area contributed by atoms with E-state index in [0.29, 0.717) is 0 Å². The van der Waals surface area contributed by atoms with E-state index >= 15 is 0 Å². The van der Waals surface area contributed by atoms with Crippen LogP contribution < -0.4 is 0 Å². The Labute approximate surface area is 201 Å². The molecule has 0 heteroatoms. The van der Waals surface area contributed by atoms with Crippen LogP contribution in [0.2, 0.25) is 0 Å². The molecule has 0 saturated carbocycles. The summed E-state index contributed by atoms with van der Waals surface area (Å²) in [4.78, 5) is 0. The fourth-order valence-electron chi connectivity index (χ4n) is 4.22. The van der Waals surface area contributed by atoms with Crippen molar-refractivity contribution in [3.8, 4) is 12.8 Å². The van der Waals surface area contributed by atoms with E-state index in [1.807, 2.05) is 0 Å². The van der Waals surface area contributed by atoms with E-state index < -0.39 is 0 Å². The largest absolute Gasteiger partial charge is 0.124 e. The molecule has 0 radical (unpaired) electrons. The summed E-state index contributed by atoms with van der Waals surface area (Å²) in [6.07, 6.45) is 14.7. The summed E-state index contributed by atoms with van der Waals surface area (Å²) in [5, 5.41) is 0. The molecule has 3 aromatic rings. The van der Waals surface area contributed by atoms with Gasteiger partial charge in [0.25, 0.3) is 0 Å². The van der Waals surface area contributed by atoms with Crippen molar-refractivity contribution in [1.29, 1.82) is 0 Å². The first-order chi connectivity index (χ1) is 15.5. The van der Waals surface area contributed by atoms with Crippen LogP contribution in [-0.2, 0) is 6.42 Å². The lowest BCUT2D eigenvalue weighted by Gasteiger charge is -2.21. The normalized spacial score (nSPS) is 14.1. The summed E-state index contributed by atoms with van der Waals surface area (Å²) < 4.78 is 0. The van der Waals surface area contributed by atoms with Crippen LogP contribution in [-0.4, -0.2) is 0 Å². The van der Waals surface area contributed by atoms with Gasteiger partial charge in [0.05, 0.1) is 0 Å². The van der Waals surface area contributed by atoms with Crippen LogP contribution in [0.4, 0.5) is 0 Å². The van der Waals surface area contributed by atoms with E-state index in [9.17, 15) is 0 Å². The van der Waals surface area contributed by atoms with Gasteiger partial charge in [0, 0.05) is 0 Å². The molecule has 0 amide bonds. The molecule has 0 nitrogen and oxygen atoms in total. The summed E-state index contributed by atoms with van der Waals surface area (Å²) in [6, 6.07) is 26.5. The summed E-state index contributed by atoms with van der Waals surface area (Å²) in [6.45, 7) is 8.88. The Balaban J connectivity index is 0.00000125. The first kappa shape index (κ1) is 25.7. The number of hydrogen-bond donors (Lipinski definition) is 0. The Bertz CT molecular complexity index is 1180. The smallest absolute Gasteiger partial charge is 0.00195 e. The SMILES string of the molecule is C.C#C.CC1=CC/C(=C(/c2ccccc2)c2cc(C)c(C)cc2Cc2ccccc2)C=C1C. The van der Waals surface area contributed by atoms with E-state index in [4.69, 9.17) is 0 Å². The van der Waals surface area contributed by atoms with Gasteiger partial charge in [0.2, 0.25) is 0 Å². The number of hydrogen-bond acceptors (Lipinski definition) is 0. The Hall–Kier alpha value is -3.56. The molecule has 0 heterocycles. The summed E-state index contributed by atoms with van der Waals surface area (Å²) >= 11 is 0. The first-order valence-electron chi connectivity index (χ1n) is 11.1. The highest BCUT2D eigenvalue weighted by Gasteiger charge is 2.17. The van der Waals surface area contributed by atoms with Crippen molar-refractivity contribution < 1.29 is 0 Å². The molecule has 0 saturated heterocycles. The van der Waals surface area contributed by atoms with Crippen molar-refractivity contribution in [3.05, 3.63) is 135 Å². The Morgan fingerprint density at radius 2 is 1.33 bits per heavy atom. The van der Waals surface area contributed by atoms with E-state index in [1.165, 1.54) is 55.7 Å². The Morgan fingerprint density at radius 3 is 1.94 bits per heavy atom. The zero-order valence-electron chi connectivity index (χ0n) is 19.7. The average Bonchev–Trinajstić information content (AvgIpc) is 2.82. The number of aryl methyl sites for hydroxylation is 2.